The predicted octanol–water partition coefficient (Wildman–Crippen LogP) is 3.03. The monoisotopic (exact) mass is 350 g/mol. The number of benzene rings is 2. The first-order chi connectivity index (χ1) is 11.0. The summed E-state index contributed by atoms with van der Waals surface area (Å²) in [7, 11) is -3.69. The molecule has 120 valence electrons. The van der Waals surface area contributed by atoms with Crippen LogP contribution >= 0.6 is 11.8 Å². The van der Waals surface area contributed by atoms with Crippen LogP contribution in [0.2, 0.25) is 0 Å². The zero-order valence-electron chi connectivity index (χ0n) is 12.0. The number of hydrogen-bond acceptors (Lipinski definition) is 5. The Hall–Kier alpha value is -1.90. The third-order valence-electron chi connectivity index (χ3n) is 3.59. The zero-order chi connectivity index (χ0) is 16.4. The molecule has 8 heteroatoms. The number of nitro benzene ring substituents is 1. The van der Waals surface area contributed by atoms with Gasteiger partial charge in [-0.25, -0.2) is 8.42 Å². The molecule has 0 N–H and O–H groups in total. The molecule has 1 atom stereocenters. The zero-order valence-corrected chi connectivity index (χ0v) is 13.7. The third-order valence-corrected chi connectivity index (χ3v) is 6.86. The molecular weight excluding hydrogens is 336 g/mol. The Morgan fingerprint density at radius 2 is 1.74 bits per heavy atom. The predicted molar refractivity (Wildman–Crippen MR) is 88.6 cm³/mol. The van der Waals surface area contributed by atoms with E-state index in [-0.39, 0.29) is 16.0 Å². The van der Waals surface area contributed by atoms with Crippen molar-refractivity contribution in [3.63, 3.8) is 0 Å². The van der Waals surface area contributed by atoms with Crippen LogP contribution < -0.4 is 0 Å². The van der Waals surface area contributed by atoms with E-state index in [4.69, 9.17) is 0 Å². The number of rotatable bonds is 4. The van der Waals surface area contributed by atoms with Gasteiger partial charge in [0.25, 0.3) is 5.69 Å². The van der Waals surface area contributed by atoms with E-state index in [0.717, 1.165) is 5.56 Å². The van der Waals surface area contributed by atoms with Crippen molar-refractivity contribution >= 4 is 27.5 Å². The van der Waals surface area contributed by atoms with Crippen molar-refractivity contribution in [1.82, 2.24) is 4.31 Å². The molecule has 0 spiro atoms. The smallest absolute Gasteiger partial charge is 0.258 e. The molecular formula is C15H14N2O4S2. The maximum Gasteiger partial charge on any atom is 0.269 e. The van der Waals surface area contributed by atoms with Gasteiger partial charge in [-0.1, -0.05) is 30.3 Å². The van der Waals surface area contributed by atoms with Crippen molar-refractivity contribution in [1.29, 1.82) is 0 Å². The van der Waals surface area contributed by atoms with Crippen LogP contribution in [0.25, 0.3) is 0 Å². The van der Waals surface area contributed by atoms with Crippen LogP contribution in [0.4, 0.5) is 5.69 Å². The molecule has 0 saturated carbocycles. The Morgan fingerprint density at radius 3 is 2.35 bits per heavy atom. The largest absolute Gasteiger partial charge is 0.269 e. The second-order valence-electron chi connectivity index (χ2n) is 5.00. The lowest BCUT2D eigenvalue weighted by Gasteiger charge is -2.23. The van der Waals surface area contributed by atoms with E-state index in [1.165, 1.54) is 28.6 Å². The van der Waals surface area contributed by atoms with Crippen LogP contribution in [0.3, 0.4) is 0 Å². The maximum atomic E-state index is 12.8. The fraction of sp³-hybridized carbons (Fsp3) is 0.200. The van der Waals surface area contributed by atoms with Gasteiger partial charge >= 0.3 is 0 Å². The van der Waals surface area contributed by atoms with Crippen LogP contribution in [0.1, 0.15) is 10.9 Å². The van der Waals surface area contributed by atoms with Gasteiger partial charge in [-0.3, -0.25) is 10.1 Å². The quantitative estimate of drug-likeness (QED) is 0.625. The molecule has 0 amide bonds. The van der Waals surface area contributed by atoms with Gasteiger partial charge in [0.1, 0.15) is 0 Å². The Balaban J connectivity index is 1.93. The maximum absolute atomic E-state index is 12.8. The summed E-state index contributed by atoms with van der Waals surface area (Å²) >= 11 is 1.57. The van der Waals surface area contributed by atoms with Gasteiger partial charge in [0.2, 0.25) is 10.0 Å². The van der Waals surface area contributed by atoms with E-state index in [2.05, 4.69) is 0 Å². The first kappa shape index (κ1) is 16.0. The molecule has 1 aliphatic heterocycles. The fourth-order valence-electron chi connectivity index (χ4n) is 2.46. The lowest BCUT2D eigenvalue weighted by molar-refractivity contribution is -0.384. The first-order valence-corrected chi connectivity index (χ1v) is 9.42. The van der Waals surface area contributed by atoms with Gasteiger partial charge < -0.3 is 0 Å². The average Bonchev–Trinajstić information content (AvgIpc) is 3.06. The minimum atomic E-state index is -3.69. The van der Waals surface area contributed by atoms with Crippen molar-refractivity contribution < 1.29 is 13.3 Å². The molecule has 0 aromatic heterocycles. The highest BCUT2D eigenvalue weighted by Crippen LogP contribution is 2.41. The molecule has 23 heavy (non-hydrogen) atoms. The minimum Gasteiger partial charge on any atom is -0.258 e. The molecule has 1 saturated heterocycles. The molecule has 0 aliphatic carbocycles. The summed E-state index contributed by atoms with van der Waals surface area (Å²) in [5.74, 6) is 0.714. The highest BCUT2D eigenvalue weighted by molar-refractivity contribution is 8.01. The van der Waals surface area contributed by atoms with E-state index in [9.17, 15) is 18.5 Å². The molecule has 2 aromatic carbocycles. The summed E-state index contributed by atoms with van der Waals surface area (Å²) in [5.41, 5.74) is 0.805. The fourth-order valence-corrected chi connectivity index (χ4v) is 5.70. The van der Waals surface area contributed by atoms with Gasteiger partial charge in [0.15, 0.2) is 0 Å². The van der Waals surface area contributed by atoms with Crippen molar-refractivity contribution in [2.24, 2.45) is 0 Å². The third kappa shape index (κ3) is 3.10. The Bertz CT molecular complexity index is 807. The van der Waals surface area contributed by atoms with Gasteiger partial charge in [0, 0.05) is 24.4 Å². The van der Waals surface area contributed by atoms with Gasteiger partial charge in [0.05, 0.1) is 15.2 Å². The molecule has 1 fully saturated rings. The number of sulfonamides is 1. The van der Waals surface area contributed by atoms with E-state index < -0.39 is 14.9 Å². The number of thioether (sulfide) groups is 1. The Labute approximate surface area is 138 Å². The highest BCUT2D eigenvalue weighted by atomic mass is 32.2. The van der Waals surface area contributed by atoms with Crippen LogP contribution in [0, 0.1) is 10.1 Å². The summed E-state index contributed by atoms with van der Waals surface area (Å²) in [6.07, 6.45) is 0. The molecule has 1 heterocycles. The van der Waals surface area contributed by atoms with Gasteiger partial charge in [-0.2, -0.15) is 4.31 Å². The van der Waals surface area contributed by atoms with E-state index in [1.54, 1.807) is 11.8 Å². The van der Waals surface area contributed by atoms with Crippen LogP contribution in [-0.4, -0.2) is 29.9 Å². The second-order valence-corrected chi connectivity index (χ2v) is 8.08. The summed E-state index contributed by atoms with van der Waals surface area (Å²) < 4.78 is 27.1. The van der Waals surface area contributed by atoms with Crippen LogP contribution in [-0.2, 0) is 10.0 Å². The van der Waals surface area contributed by atoms with E-state index >= 15 is 0 Å². The number of hydrogen-bond donors (Lipinski definition) is 0. The first-order valence-electron chi connectivity index (χ1n) is 6.93. The number of nitro groups is 1. The summed E-state index contributed by atoms with van der Waals surface area (Å²) in [6.45, 7) is 0.420. The SMILES string of the molecule is O=[N+]([O-])c1ccc(S(=O)(=O)N2CCS[C@H]2c2ccccc2)cc1. The van der Waals surface area contributed by atoms with Crippen molar-refractivity contribution in [2.45, 2.75) is 10.3 Å². The molecule has 6 nitrogen and oxygen atoms in total. The highest BCUT2D eigenvalue weighted by Gasteiger charge is 2.36. The van der Waals surface area contributed by atoms with Crippen LogP contribution in [0.15, 0.2) is 59.5 Å². The Morgan fingerprint density at radius 1 is 1.09 bits per heavy atom. The van der Waals surface area contributed by atoms with Crippen molar-refractivity contribution in [3.8, 4) is 0 Å². The second kappa shape index (κ2) is 6.31. The number of non-ortho nitro benzene ring substituents is 1. The number of nitrogens with zero attached hydrogens (tertiary/aromatic N) is 2. The lowest BCUT2D eigenvalue weighted by atomic mass is 10.2. The molecule has 3 rings (SSSR count). The molecule has 0 bridgehead atoms. The van der Waals surface area contributed by atoms with Gasteiger partial charge in [-0.05, 0) is 17.7 Å². The average molecular weight is 350 g/mol. The summed E-state index contributed by atoms with van der Waals surface area (Å²) in [5, 5.41) is 10.4. The molecule has 0 radical (unpaired) electrons. The summed E-state index contributed by atoms with van der Waals surface area (Å²) in [6, 6.07) is 14.5. The molecule has 0 unspecified atom stereocenters. The molecule has 1 aliphatic rings. The van der Waals surface area contributed by atoms with Crippen molar-refractivity contribution in [3.05, 3.63) is 70.3 Å². The normalized spacial score (nSPS) is 18.9. The summed E-state index contributed by atoms with van der Waals surface area (Å²) in [4.78, 5) is 10.2. The minimum absolute atomic E-state index is 0.0755. The van der Waals surface area contributed by atoms with E-state index in [1.807, 2.05) is 30.3 Å². The topological polar surface area (TPSA) is 80.5 Å². The van der Waals surface area contributed by atoms with Crippen LogP contribution in [0.5, 0.6) is 0 Å². The lowest BCUT2D eigenvalue weighted by Crippen LogP contribution is -2.30. The molecule has 2 aromatic rings. The van der Waals surface area contributed by atoms with Crippen molar-refractivity contribution in [2.75, 3.05) is 12.3 Å². The van der Waals surface area contributed by atoms with E-state index in [0.29, 0.717) is 12.3 Å². The Kier molecular flexibility index (Phi) is 4.38. The van der Waals surface area contributed by atoms with Gasteiger partial charge in [-0.15, -0.1) is 11.8 Å². The standard InChI is InChI=1S/C15H14N2O4S2/c18-17(19)13-6-8-14(9-7-13)23(20,21)16-10-11-22-15(16)12-4-2-1-3-5-12/h1-9,15H,10-11H2/t15-/m0/s1.